The van der Waals surface area contributed by atoms with Gasteiger partial charge in [0.25, 0.3) is 0 Å². The van der Waals surface area contributed by atoms with E-state index in [1.807, 2.05) is 43.3 Å². The van der Waals surface area contributed by atoms with Crippen LogP contribution in [-0.2, 0) is 4.74 Å². The summed E-state index contributed by atoms with van der Waals surface area (Å²) in [6, 6.07) is 14.9. The van der Waals surface area contributed by atoms with Gasteiger partial charge < -0.3 is 9.64 Å². The molecule has 2 aromatic carbocycles. The second-order valence-electron chi connectivity index (χ2n) is 7.03. The normalized spacial score (nSPS) is 14.4. The number of hydrogen-bond acceptors (Lipinski definition) is 4. The number of ketones is 1. The van der Waals surface area contributed by atoms with Gasteiger partial charge in [-0.05, 0) is 61.5 Å². The number of halogens is 2. The Kier molecular flexibility index (Phi) is 6.23. The lowest BCUT2D eigenvalue weighted by molar-refractivity contribution is 0.104. The Hall–Kier alpha value is -2.60. The Morgan fingerprint density at radius 2 is 1.80 bits per heavy atom. The summed E-state index contributed by atoms with van der Waals surface area (Å²) in [5.41, 5.74) is 3.92. The molecule has 0 atom stereocenters. The van der Waals surface area contributed by atoms with Crippen LogP contribution in [0.15, 0.2) is 54.6 Å². The maximum Gasteiger partial charge on any atom is 0.185 e. The Balaban J connectivity index is 1.51. The lowest BCUT2D eigenvalue weighted by atomic mass is 10.1. The minimum absolute atomic E-state index is 0.0884. The van der Waals surface area contributed by atoms with Crippen LogP contribution in [0.3, 0.4) is 0 Å². The lowest BCUT2D eigenvalue weighted by Crippen LogP contribution is -2.36. The van der Waals surface area contributed by atoms with Crippen molar-refractivity contribution in [2.45, 2.75) is 6.92 Å². The summed E-state index contributed by atoms with van der Waals surface area (Å²) in [6.07, 6.45) is 3.24. The van der Waals surface area contributed by atoms with Gasteiger partial charge in [0, 0.05) is 34.9 Å². The van der Waals surface area contributed by atoms with Gasteiger partial charge in [-0.25, -0.2) is 4.68 Å². The number of anilines is 1. The summed E-state index contributed by atoms with van der Waals surface area (Å²) in [5, 5.41) is 5.52. The van der Waals surface area contributed by atoms with E-state index in [0.717, 1.165) is 43.4 Å². The van der Waals surface area contributed by atoms with Gasteiger partial charge in [0.1, 0.15) is 5.15 Å². The molecule has 1 aliphatic rings. The first kappa shape index (κ1) is 20.7. The van der Waals surface area contributed by atoms with Crippen molar-refractivity contribution in [2.24, 2.45) is 0 Å². The Bertz CT molecular complexity index is 1080. The summed E-state index contributed by atoms with van der Waals surface area (Å²) in [4.78, 5) is 14.9. The molecule has 0 saturated carbocycles. The number of carbonyl (C=O) groups excluding carboxylic acids is 1. The van der Waals surface area contributed by atoms with Gasteiger partial charge in [-0.15, -0.1) is 0 Å². The van der Waals surface area contributed by atoms with Gasteiger partial charge in [-0.2, -0.15) is 5.10 Å². The first-order valence-electron chi connectivity index (χ1n) is 9.69. The quantitative estimate of drug-likeness (QED) is 0.402. The van der Waals surface area contributed by atoms with Gasteiger partial charge in [0.15, 0.2) is 5.78 Å². The van der Waals surface area contributed by atoms with E-state index in [9.17, 15) is 4.79 Å². The SMILES string of the molecule is Cc1nn(-c2cccc(Cl)c2)c(Cl)c1/C=C/C(=O)c1ccc(N2CCOCC2)cc1. The van der Waals surface area contributed by atoms with Gasteiger partial charge in [0.05, 0.1) is 24.6 Å². The number of morpholine rings is 1. The number of aryl methyl sites for hydroxylation is 1. The number of ether oxygens (including phenoxy) is 1. The van der Waals surface area contributed by atoms with Crippen molar-refractivity contribution >= 4 is 40.7 Å². The van der Waals surface area contributed by atoms with Crippen LogP contribution in [0, 0.1) is 6.92 Å². The Labute approximate surface area is 185 Å². The number of benzene rings is 2. The molecule has 0 amide bonds. The molecule has 2 heterocycles. The molecule has 3 aromatic rings. The highest BCUT2D eigenvalue weighted by atomic mass is 35.5. The zero-order valence-electron chi connectivity index (χ0n) is 16.5. The molecule has 154 valence electrons. The fourth-order valence-corrected chi connectivity index (χ4v) is 3.91. The zero-order valence-corrected chi connectivity index (χ0v) is 18.0. The fraction of sp³-hybridized carbons (Fsp3) is 0.217. The molecule has 0 radical (unpaired) electrons. The van der Waals surface area contributed by atoms with Crippen molar-refractivity contribution in [3.63, 3.8) is 0 Å². The highest BCUT2D eigenvalue weighted by molar-refractivity contribution is 6.32. The largest absolute Gasteiger partial charge is 0.378 e. The molecule has 1 fully saturated rings. The maximum atomic E-state index is 12.6. The van der Waals surface area contributed by atoms with Crippen molar-refractivity contribution in [1.82, 2.24) is 9.78 Å². The first-order valence-corrected chi connectivity index (χ1v) is 10.4. The number of allylic oxidation sites excluding steroid dienone is 1. The molecule has 7 heteroatoms. The monoisotopic (exact) mass is 441 g/mol. The highest BCUT2D eigenvalue weighted by Gasteiger charge is 2.14. The topological polar surface area (TPSA) is 47.4 Å². The van der Waals surface area contributed by atoms with Crippen LogP contribution in [0.4, 0.5) is 5.69 Å². The molecule has 5 nitrogen and oxygen atoms in total. The minimum atomic E-state index is -0.0884. The van der Waals surface area contributed by atoms with E-state index < -0.39 is 0 Å². The summed E-state index contributed by atoms with van der Waals surface area (Å²) in [5.74, 6) is -0.0884. The molecular weight excluding hydrogens is 421 g/mol. The second kappa shape index (κ2) is 9.04. The summed E-state index contributed by atoms with van der Waals surface area (Å²) in [6.45, 7) is 5.04. The third-order valence-corrected chi connectivity index (χ3v) is 5.63. The van der Waals surface area contributed by atoms with E-state index in [4.69, 9.17) is 27.9 Å². The van der Waals surface area contributed by atoms with E-state index in [2.05, 4.69) is 10.00 Å². The first-order chi connectivity index (χ1) is 14.5. The van der Waals surface area contributed by atoms with Crippen molar-refractivity contribution in [2.75, 3.05) is 31.2 Å². The van der Waals surface area contributed by atoms with Crippen LogP contribution in [0.1, 0.15) is 21.6 Å². The molecule has 0 spiro atoms. The molecule has 0 unspecified atom stereocenters. The van der Waals surface area contributed by atoms with E-state index in [-0.39, 0.29) is 5.78 Å². The molecule has 4 rings (SSSR count). The van der Waals surface area contributed by atoms with Gasteiger partial charge in [-0.3, -0.25) is 4.79 Å². The van der Waals surface area contributed by atoms with E-state index >= 15 is 0 Å². The second-order valence-corrected chi connectivity index (χ2v) is 7.82. The van der Waals surface area contributed by atoms with Gasteiger partial charge >= 0.3 is 0 Å². The van der Waals surface area contributed by atoms with Crippen molar-refractivity contribution < 1.29 is 9.53 Å². The Morgan fingerprint density at radius 1 is 1.07 bits per heavy atom. The zero-order chi connectivity index (χ0) is 21.1. The predicted molar refractivity (Wildman–Crippen MR) is 121 cm³/mol. The van der Waals surface area contributed by atoms with Crippen molar-refractivity contribution in [3.8, 4) is 5.69 Å². The van der Waals surface area contributed by atoms with Crippen molar-refractivity contribution in [1.29, 1.82) is 0 Å². The molecule has 1 saturated heterocycles. The number of hydrogen-bond donors (Lipinski definition) is 0. The number of nitrogens with zero attached hydrogens (tertiary/aromatic N) is 3. The maximum absolute atomic E-state index is 12.6. The van der Waals surface area contributed by atoms with Crippen molar-refractivity contribution in [3.05, 3.63) is 81.6 Å². The predicted octanol–water partition coefficient (Wildman–Crippen LogP) is 5.22. The summed E-state index contributed by atoms with van der Waals surface area (Å²) >= 11 is 12.6. The molecule has 0 N–H and O–H groups in total. The summed E-state index contributed by atoms with van der Waals surface area (Å²) in [7, 11) is 0. The number of aromatic nitrogens is 2. The highest BCUT2D eigenvalue weighted by Crippen LogP contribution is 2.26. The smallest absolute Gasteiger partial charge is 0.185 e. The average molecular weight is 442 g/mol. The standard InChI is InChI=1S/C23H21Cl2N3O2/c1-16-21(23(25)28(26-16)20-4-2-3-18(24)15-20)9-10-22(29)17-5-7-19(8-6-17)27-11-13-30-14-12-27/h2-10,15H,11-14H2,1H3/b10-9+. The summed E-state index contributed by atoms with van der Waals surface area (Å²) < 4.78 is 7.00. The van der Waals surface area contributed by atoms with Crippen LogP contribution in [-0.4, -0.2) is 41.9 Å². The van der Waals surface area contributed by atoms with Crippen LogP contribution < -0.4 is 4.90 Å². The Morgan fingerprint density at radius 3 is 2.50 bits per heavy atom. The molecule has 0 bridgehead atoms. The number of carbonyl (C=O) groups is 1. The molecule has 0 aliphatic carbocycles. The third kappa shape index (κ3) is 4.43. The van der Waals surface area contributed by atoms with Crippen LogP contribution in [0.5, 0.6) is 0 Å². The van der Waals surface area contributed by atoms with Gasteiger partial charge in [-0.1, -0.05) is 29.3 Å². The van der Waals surface area contributed by atoms with E-state index in [0.29, 0.717) is 21.3 Å². The third-order valence-electron chi connectivity index (χ3n) is 5.03. The molecule has 1 aliphatic heterocycles. The van der Waals surface area contributed by atoms with Crippen LogP contribution >= 0.6 is 23.2 Å². The van der Waals surface area contributed by atoms with E-state index in [1.54, 1.807) is 22.9 Å². The van der Waals surface area contributed by atoms with E-state index in [1.165, 1.54) is 6.08 Å². The molecule has 30 heavy (non-hydrogen) atoms. The number of rotatable bonds is 5. The molecular formula is C23H21Cl2N3O2. The molecule has 1 aromatic heterocycles. The minimum Gasteiger partial charge on any atom is -0.378 e. The fourth-order valence-electron chi connectivity index (χ4n) is 3.39. The average Bonchev–Trinajstić information content (AvgIpc) is 3.06. The van der Waals surface area contributed by atoms with Gasteiger partial charge in [0.2, 0.25) is 0 Å². The van der Waals surface area contributed by atoms with Crippen LogP contribution in [0.2, 0.25) is 10.2 Å². The van der Waals surface area contributed by atoms with Crippen LogP contribution in [0.25, 0.3) is 11.8 Å². The lowest BCUT2D eigenvalue weighted by Gasteiger charge is -2.28.